The fourth-order valence-electron chi connectivity index (χ4n) is 5.20. The first-order chi connectivity index (χ1) is 15.7. The van der Waals surface area contributed by atoms with Crippen LogP contribution < -0.4 is 0 Å². The average Bonchev–Trinajstić information content (AvgIpc) is 2.84. The number of rotatable bonds is 4. The summed E-state index contributed by atoms with van der Waals surface area (Å²) in [5.74, 6) is 0.0855. The van der Waals surface area contributed by atoms with E-state index >= 15 is 0 Å². The molecule has 2 aliphatic heterocycles. The summed E-state index contributed by atoms with van der Waals surface area (Å²) in [6.07, 6.45) is 5.45. The zero-order valence-electron chi connectivity index (χ0n) is 18.6. The lowest BCUT2D eigenvalue weighted by molar-refractivity contribution is -0.190. The van der Waals surface area contributed by atoms with Crippen molar-refractivity contribution in [2.75, 3.05) is 19.7 Å². The minimum Gasteiger partial charge on any atom is -0.378 e. The standard InChI is InChI=1S/C27H30N2O3/c1-2-31-23-18-25(20-7-4-3-5-8-20)32-27(19-23)12-15-29(16-13-27)26(30)22-10-11-24-21(17-22)9-6-14-28-24/h3-11,14,17,23,25H,2,12-13,15-16,18-19H2,1H3/t23-,25-/m0/s1. The Labute approximate surface area is 189 Å². The van der Waals surface area contributed by atoms with Crippen LogP contribution in [0.5, 0.6) is 0 Å². The number of amides is 1. The van der Waals surface area contributed by atoms with Crippen molar-refractivity contribution in [2.45, 2.75) is 50.4 Å². The van der Waals surface area contributed by atoms with Gasteiger partial charge in [0.15, 0.2) is 0 Å². The topological polar surface area (TPSA) is 51.7 Å². The van der Waals surface area contributed by atoms with Crippen molar-refractivity contribution in [2.24, 2.45) is 0 Å². The van der Waals surface area contributed by atoms with Crippen molar-refractivity contribution in [3.05, 3.63) is 78.0 Å². The first-order valence-electron chi connectivity index (χ1n) is 11.6. The van der Waals surface area contributed by atoms with Crippen molar-refractivity contribution in [1.82, 2.24) is 9.88 Å². The van der Waals surface area contributed by atoms with Gasteiger partial charge >= 0.3 is 0 Å². The molecule has 2 aromatic carbocycles. The van der Waals surface area contributed by atoms with Crippen LogP contribution in [0, 0.1) is 0 Å². The third-order valence-corrected chi connectivity index (χ3v) is 6.85. The lowest BCUT2D eigenvalue weighted by Crippen LogP contribution is -2.52. The molecular formula is C27H30N2O3. The number of carbonyl (C=O) groups excluding carboxylic acids is 1. The molecule has 0 saturated carbocycles. The molecule has 5 nitrogen and oxygen atoms in total. The summed E-state index contributed by atoms with van der Waals surface area (Å²) in [4.78, 5) is 19.5. The van der Waals surface area contributed by atoms with Gasteiger partial charge < -0.3 is 14.4 Å². The van der Waals surface area contributed by atoms with Gasteiger partial charge in [-0.05, 0) is 49.6 Å². The first kappa shape index (κ1) is 21.1. The average molecular weight is 431 g/mol. The van der Waals surface area contributed by atoms with Crippen LogP contribution in [0.3, 0.4) is 0 Å². The second kappa shape index (κ2) is 9.00. The van der Waals surface area contributed by atoms with Crippen LogP contribution in [0.4, 0.5) is 0 Å². The molecule has 2 atom stereocenters. The maximum atomic E-state index is 13.2. The Hall–Kier alpha value is -2.76. The van der Waals surface area contributed by atoms with E-state index in [2.05, 4.69) is 36.2 Å². The molecule has 1 aromatic heterocycles. The van der Waals surface area contributed by atoms with E-state index in [4.69, 9.17) is 9.47 Å². The molecule has 1 amide bonds. The van der Waals surface area contributed by atoms with Gasteiger partial charge in [-0.25, -0.2) is 0 Å². The highest BCUT2D eigenvalue weighted by Gasteiger charge is 2.45. The zero-order valence-corrected chi connectivity index (χ0v) is 18.6. The monoisotopic (exact) mass is 430 g/mol. The number of pyridine rings is 1. The minimum absolute atomic E-state index is 0.0386. The van der Waals surface area contributed by atoms with Gasteiger partial charge in [-0.15, -0.1) is 0 Å². The maximum absolute atomic E-state index is 13.2. The highest BCUT2D eigenvalue weighted by molar-refractivity contribution is 5.98. The number of piperidine rings is 1. The van der Waals surface area contributed by atoms with E-state index in [1.807, 2.05) is 41.3 Å². The van der Waals surface area contributed by atoms with Gasteiger partial charge in [0.1, 0.15) is 0 Å². The minimum atomic E-state index is -0.233. The number of ether oxygens (including phenoxy) is 2. The summed E-state index contributed by atoms with van der Waals surface area (Å²) in [5, 5.41) is 0.993. The van der Waals surface area contributed by atoms with Crippen molar-refractivity contribution < 1.29 is 14.3 Å². The molecule has 3 heterocycles. The van der Waals surface area contributed by atoms with E-state index in [0.29, 0.717) is 19.7 Å². The number of fused-ring (bicyclic) bond motifs is 1. The molecule has 5 heteroatoms. The summed E-state index contributed by atoms with van der Waals surface area (Å²) in [6, 6.07) is 20.1. The molecule has 2 saturated heterocycles. The molecule has 5 rings (SSSR count). The van der Waals surface area contributed by atoms with E-state index in [9.17, 15) is 4.79 Å². The highest BCUT2D eigenvalue weighted by atomic mass is 16.5. The second-order valence-corrected chi connectivity index (χ2v) is 8.92. The maximum Gasteiger partial charge on any atom is 0.253 e. The summed E-state index contributed by atoms with van der Waals surface area (Å²) < 4.78 is 12.8. The number of hydrogen-bond donors (Lipinski definition) is 0. The van der Waals surface area contributed by atoms with Gasteiger partial charge in [0.25, 0.3) is 5.91 Å². The Balaban J connectivity index is 1.30. The summed E-state index contributed by atoms with van der Waals surface area (Å²) in [5.41, 5.74) is 2.61. The van der Waals surface area contributed by atoms with E-state index in [1.54, 1.807) is 6.20 Å². The molecule has 32 heavy (non-hydrogen) atoms. The third-order valence-electron chi connectivity index (χ3n) is 6.85. The van der Waals surface area contributed by atoms with Gasteiger partial charge in [-0.2, -0.15) is 0 Å². The fraction of sp³-hybridized carbons (Fsp3) is 0.407. The molecule has 0 radical (unpaired) electrons. The van der Waals surface area contributed by atoms with Gasteiger partial charge in [-0.1, -0.05) is 36.4 Å². The molecule has 2 aliphatic rings. The van der Waals surface area contributed by atoms with E-state index in [0.717, 1.165) is 42.1 Å². The predicted molar refractivity (Wildman–Crippen MR) is 125 cm³/mol. The Morgan fingerprint density at radius 3 is 2.72 bits per heavy atom. The van der Waals surface area contributed by atoms with Crippen LogP contribution in [0.2, 0.25) is 0 Å². The smallest absolute Gasteiger partial charge is 0.253 e. The van der Waals surface area contributed by atoms with Crippen molar-refractivity contribution in [1.29, 1.82) is 0 Å². The summed E-state index contributed by atoms with van der Waals surface area (Å²) >= 11 is 0. The molecule has 166 valence electrons. The Morgan fingerprint density at radius 1 is 1.12 bits per heavy atom. The number of benzene rings is 2. The van der Waals surface area contributed by atoms with Crippen molar-refractivity contribution in [3.63, 3.8) is 0 Å². The molecule has 0 aliphatic carbocycles. The molecule has 3 aromatic rings. The van der Waals surface area contributed by atoms with Crippen LogP contribution in [0.1, 0.15) is 54.6 Å². The van der Waals surface area contributed by atoms with Crippen LogP contribution in [-0.4, -0.2) is 47.2 Å². The molecule has 2 fully saturated rings. The van der Waals surface area contributed by atoms with E-state index in [1.165, 1.54) is 5.56 Å². The zero-order chi connectivity index (χ0) is 22.0. The molecule has 0 unspecified atom stereocenters. The van der Waals surface area contributed by atoms with Gasteiger partial charge in [0.05, 0.1) is 23.3 Å². The van der Waals surface area contributed by atoms with Crippen LogP contribution in [0.15, 0.2) is 66.9 Å². The molecule has 1 spiro atoms. The van der Waals surface area contributed by atoms with Gasteiger partial charge in [0, 0.05) is 49.7 Å². The lowest BCUT2D eigenvalue weighted by atomic mass is 9.80. The highest BCUT2D eigenvalue weighted by Crippen LogP contribution is 2.44. The van der Waals surface area contributed by atoms with E-state index in [-0.39, 0.29) is 23.7 Å². The normalized spacial score (nSPS) is 22.8. The number of likely N-dealkylation sites (tertiary alicyclic amines) is 1. The van der Waals surface area contributed by atoms with Crippen LogP contribution in [-0.2, 0) is 9.47 Å². The van der Waals surface area contributed by atoms with Crippen molar-refractivity contribution in [3.8, 4) is 0 Å². The quantitative estimate of drug-likeness (QED) is 0.573. The molecule has 0 bridgehead atoms. The van der Waals surface area contributed by atoms with Crippen LogP contribution in [0.25, 0.3) is 10.9 Å². The number of hydrogen-bond acceptors (Lipinski definition) is 4. The lowest BCUT2D eigenvalue weighted by Gasteiger charge is -2.48. The number of carbonyl (C=O) groups is 1. The molecular weight excluding hydrogens is 400 g/mol. The largest absolute Gasteiger partial charge is 0.378 e. The third kappa shape index (κ3) is 4.27. The Morgan fingerprint density at radius 2 is 1.94 bits per heavy atom. The number of aromatic nitrogens is 1. The second-order valence-electron chi connectivity index (χ2n) is 8.92. The van der Waals surface area contributed by atoms with Crippen molar-refractivity contribution >= 4 is 16.8 Å². The fourth-order valence-corrected chi connectivity index (χ4v) is 5.20. The Kier molecular flexibility index (Phi) is 5.94. The SMILES string of the molecule is CCO[C@H]1C[C@@H](c2ccccc2)OC2(CCN(C(=O)c3ccc4ncccc4c3)CC2)C1. The first-order valence-corrected chi connectivity index (χ1v) is 11.6. The van der Waals surface area contributed by atoms with Gasteiger partial charge in [-0.3, -0.25) is 9.78 Å². The predicted octanol–water partition coefficient (Wildman–Crippen LogP) is 5.17. The summed E-state index contributed by atoms with van der Waals surface area (Å²) in [6.45, 7) is 4.16. The Bertz CT molecular complexity index is 1080. The van der Waals surface area contributed by atoms with Crippen LogP contribution >= 0.6 is 0 Å². The summed E-state index contributed by atoms with van der Waals surface area (Å²) in [7, 11) is 0. The van der Waals surface area contributed by atoms with E-state index < -0.39 is 0 Å². The number of nitrogens with zero attached hydrogens (tertiary/aromatic N) is 2. The molecule has 0 N–H and O–H groups in total. The van der Waals surface area contributed by atoms with Gasteiger partial charge in [0.2, 0.25) is 0 Å².